The minimum Gasteiger partial charge on any atom is -0.481 e. The van der Waals surface area contributed by atoms with Gasteiger partial charge in [-0.2, -0.15) is 0 Å². The van der Waals surface area contributed by atoms with Crippen molar-refractivity contribution in [2.24, 2.45) is 0 Å². The van der Waals surface area contributed by atoms with Gasteiger partial charge in [0, 0.05) is 28.7 Å². The average Bonchev–Trinajstić information content (AvgIpc) is 3.44. The van der Waals surface area contributed by atoms with Crippen LogP contribution >= 0.6 is 10.5 Å². The number of hydrogen-bond acceptors (Lipinski definition) is 3. The highest BCUT2D eigenvalue weighted by atomic mass is 32.2. The molecule has 1 aliphatic carbocycles. The maximum absolute atomic E-state index is 12.7. The molecule has 1 aromatic heterocycles. The van der Waals surface area contributed by atoms with Gasteiger partial charge in [0.05, 0.1) is 0 Å². The fourth-order valence-corrected chi connectivity index (χ4v) is 6.20. The van der Waals surface area contributed by atoms with Crippen LogP contribution in [-0.2, 0) is 15.1 Å². The van der Waals surface area contributed by atoms with Crippen molar-refractivity contribution >= 4 is 16.4 Å². The second kappa shape index (κ2) is 8.99. The van der Waals surface area contributed by atoms with Gasteiger partial charge >= 0.3 is 5.97 Å². The Bertz CT molecular complexity index is 1090. The van der Waals surface area contributed by atoms with Crippen LogP contribution in [0, 0.1) is 26.2 Å². The lowest BCUT2D eigenvalue weighted by molar-refractivity contribution is -0.163. The van der Waals surface area contributed by atoms with Crippen LogP contribution in [0.1, 0.15) is 47.3 Å². The molecule has 0 bridgehead atoms. The van der Waals surface area contributed by atoms with E-state index >= 15 is 0 Å². The van der Waals surface area contributed by atoms with Crippen molar-refractivity contribution in [3.05, 3.63) is 81.5 Å². The zero-order valence-electron chi connectivity index (χ0n) is 18.0. The van der Waals surface area contributed by atoms with Crippen molar-refractivity contribution in [3.8, 4) is 23.0 Å². The summed E-state index contributed by atoms with van der Waals surface area (Å²) in [6, 6.07) is 18.3. The van der Waals surface area contributed by atoms with E-state index in [4.69, 9.17) is 15.9 Å². The zero-order valence-corrected chi connectivity index (χ0v) is 18.8. The van der Waals surface area contributed by atoms with Crippen LogP contribution in [0.3, 0.4) is 0 Å². The van der Waals surface area contributed by atoms with Crippen molar-refractivity contribution in [2.45, 2.75) is 45.1 Å². The lowest BCUT2D eigenvalue weighted by Crippen LogP contribution is -2.31. The molecule has 0 amide bonds. The van der Waals surface area contributed by atoms with Crippen LogP contribution in [-0.4, -0.2) is 12.6 Å². The summed E-state index contributed by atoms with van der Waals surface area (Å²) in [5.74, 6) is 3.18. The van der Waals surface area contributed by atoms with Crippen molar-refractivity contribution < 1.29 is 14.3 Å². The second-order valence-corrected chi connectivity index (χ2v) is 9.92. The first-order valence-electron chi connectivity index (χ1n) is 10.6. The third kappa shape index (κ3) is 4.38. The van der Waals surface area contributed by atoms with Gasteiger partial charge in [-0.1, -0.05) is 30.3 Å². The molecule has 31 heavy (non-hydrogen) atoms. The molecule has 1 heterocycles. The fourth-order valence-electron chi connectivity index (χ4n) is 4.45. The number of carbonyl (C=O) groups is 1. The van der Waals surface area contributed by atoms with Gasteiger partial charge in [-0.15, -0.1) is 6.42 Å². The number of aryl methyl sites for hydroxylation is 2. The summed E-state index contributed by atoms with van der Waals surface area (Å²) >= 11 is 0. The highest BCUT2D eigenvalue weighted by Crippen LogP contribution is 2.42. The molecule has 1 atom stereocenters. The van der Waals surface area contributed by atoms with Crippen LogP contribution in [0.4, 0.5) is 0 Å². The van der Waals surface area contributed by atoms with E-state index in [0.29, 0.717) is 0 Å². The quantitative estimate of drug-likeness (QED) is 0.257. The molecule has 0 saturated heterocycles. The van der Waals surface area contributed by atoms with Crippen LogP contribution in [0.5, 0.6) is 5.75 Å². The van der Waals surface area contributed by atoms with Crippen molar-refractivity contribution in [2.75, 3.05) is 6.61 Å². The summed E-state index contributed by atoms with van der Waals surface area (Å²) in [6.45, 7) is 3.90. The van der Waals surface area contributed by atoms with Crippen LogP contribution in [0.25, 0.3) is 4.90 Å². The van der Waals surface area contributed by atoms with E-state index in [1.165, 1.54) is 0 Å². The molecule has 1 unspecified atom stereocenters. The van der Waals surface area contributed by atoms with Gasteiger partial charge in [-0.25, -0.2) is 4.79 Å². The molecule has 0 spiro atoms. The van der Waals surface area contributed by atoms with Crippen LogP contribution in [0.15, 0.2) is 60.0 Å². The number of rotatable bonds is 6. The lowest BCUT2D eigenvalue weighted by atomic mass is 9.92. The molecule has 1 fully saturated rings. The summed E-state index contributed by atoms with van der Waals surface area (Å²) in [6.07, 6.45) is 9.48. The summed E-state index contributed by atoms with van der Waals surface area (Å²) in [5, 5.41) is 2.13. The Labute approximate surface area is 187 Å². The monoisotopic (exact) mass is 431 g/mol. The predicted octanol–water partition coefficient (Wildman–Crippen LogP) is 6.41. The summed E-state index contributed by atoms with van der Waals surface area (Å²) in [5.41, 5.74) is 2.53. The SMILES string of the molecule is C#Cc1ccc[s+]1-c1cc(C)c(OCC(=O)OC2(c3ccccc3)CCCC2)c(C)c1. The molecule has 158 valence electrons. The van der Waals surface area contributed by atoms with Crippen LogP contribution < -0.4 is 4.74 Å². The number of hydrogen-bond donors (Lipinski definition) is 0. The largest absolute Gasteiger partial charge is 0.481 e. The van der Waals surface area contributed by atoms with Gasteiger partial charge in [0.1, 0.15) is 16.7 Å². The first-order valence-corrected chi connectivity index (χ1v) is 11.9. The molecular weight excluding hydrogens is 404 g/mol. The number of ether oxygens (including phenoxy) is 2. The summed E-state index contributed by atoms with van der Waals surface area (Å²) < 4.78 is 12.0. The highest BCUT2D eigenvalue weighted by Gasteiger charge is 2.39. The topological polar surface area (TPSA) is 35.5 Å². The number of thiophene rings is 1. The van der Waals surface area contributed by atoms with E-state index in [2.05, 4.69) is 23.4 Å². The van der Waals surface area contributed by atoms with E-state index in [-0.39, 0.29) is 23.0 Å². The average molecular weight is 432 g/mol. The number of benzene rings is 2. The van der Waals surface area contributed by atoms with Gasteiger partial charge in [0.2, 0.25) is 4.88 Å². The Balaban J connectivity index is 1.48. The zero-order chi connectivity index (χ0) is 21.8. The smallest absolute Gasteiger partial charge is 0.345 e. The Morgan fingerprint density at radius 3 is 2.39 bits per heavy atom. The highest BCUT2D eigenvalue weighted by molar-refractivity contribution is 7.38. The minimum absolute atomic E-state index is 0.100. The Hall–Kier alpha value is -3.03. The Kier molecular flexibility index (Phi) is 6.15. The van der Waals surface area contributed by atoms with E-state index < -0.39 is 5.60 Å². The van der Waals surface area contributed by atoms with Crippen LogP contribution in [0.2, 0.25) is 0 Å². The molecule has 4 heteroatoms. The molecule has 1 saturated carbocycles. The maximum Gasteiger partial charge on any atom is 0.345 e. The van der Waals surface area contributed by atoms with E-state index in [1.54, 1.807) is 0 Å². The number of carbonyl (C=O) groups excluding carboxylic acids is 1. The van der Waals surface area contributed by atoms with Gasteiger partial charge in [-0.3, -0.25) is 0 Å². The molecule has 4 rings (SSSR count). The first kappa shape index (κ1) is 21.2. The third-order valence-electron chi connectivity index (χ3n) is 5.88. The summed E-state index contributed by atoms with van der Waals surface area (Å²) in [7, 11) is -0.203. The van der Waals surface area contributed by atoms with Crippen molar-refractivity contribution in [1.82, 2.24) is 0 Å². The molecule has 1 aliphatic rings. The van der Waals surface area contributed by atoms with Gasteiger partial charge in [0.25, 0.3) is 0 Å². The minimum atomic E-state index is -0.524. The van der Waals surface area contributed by atoms with Gasteiger partial charge < -0.3 is 9.47 Å². The van der Waals surface area contributed by atoms with E-state index in [0.717, 1.165) is 57.9 Å². The second-order valence-electron chi connectivity index (χ2n) is 8.06. The number of terminal acetylenes is 1. The van der Waals surface area contributed by atoms with E-state index in [9.17, 15) is 4.79 Å². The normalized spacial score (nSPS) is 15.3. The first-order chi connectivity index (χ1) is 15.0. The third-order valence-corrected chi connectivity index (χ3v) is 7.78. The molecular formula is C27H27O3S+. The molecule has 3 nitrogen and oxygen atoms in total. The molecule has 0 N–H and O–H groups in total. The Morgan fingerprint density at radius 1 is 1.06 bits per heavy atom. The van der Waals surface area contributed by atoms with Crippen molar-refractivity contribution in [1.29, 1.82) is 0 Å². The predicted molar refractivity (Wildman–Crippen MR) is 126 cm³/mol. The molecule has 3 aromatic rings. The van der Waals surface area contributed by atoms with E-state index in [1.807, 2.05) is 56.3 Å². The van der Waals surface area contributed by atoms with Gasteiger partial charge in [0.15, 0.2) is 11.5 Å². The number of esters is 1. The molecule has 0 radical (unpaired) electrons. The van der Waals surface area contributed by atoms with Crippen molar-refractivity contribution in [3.63, 3.8) is 0 Å². The Morgan fingerprint density at radius 2 is 1.74 bits per heavy atom. The molecule has 2 aromatic carbocycles. The van der Waals surface area contributed by atoms with Gasteiger partial charge in [-0.05, 0) is 68.2 Å². The maximum atomic E-state index is 12.7. The fraction of sp³-hybridized carbons (Fsp3) is 0.296. The molecule has 0 aliphatic heterocycles. The lowest BCUT2D eigenvalue weighted by Gasteiger charge is -2.29. The summed E-state index contributed by atoms with van der Waals surface area (Å²) in [4.78, 5) is 14.9. The standard InChI is InChI=1S/C27H27O3S/c1-4-23-13-10-16-31(23)24-17-20(2)26(21(3)18-24)29-19-25(28)30-27(14-8-9-15-27)22-11-6-5-7-12-22/h1,5-7,10-13,16-18H,8-9,14-15,19H2,2-3H3/q+1.